The minimum Gasteiger partial charge on any atom is -0.393 e. The number of benzene rings is 1. The lowest BCUT2D eigenvalue weighted by atomic mass is 9.82. The Morgan fingerprint density at radius 2 is 1.62 bits per heavy atom. The molecule has 0 amide bonds. The van der Waals surface area contributed by atoms with Crippen molar-refractivity contribution in [3.8, 4) is 0 Å². The lowest BCUT2D eigenvalue weighted by molar-refractivity contribution is -0.311. The van der Waals surface area contributed by atoms with E-state index in [1.54, 1.807) is 0 Å². The van der Waals surface area contributed by atoms with Crippen LogP contribution in [0.2, 0.25) is 0 Å². The third-order valence-corrected chi connectivity index (χ3v) is 4.52. The number of piperidine rings is 1. The van der Waals surface area contributed by atoms with Crippen molar-refractivity contribution in [1.82, 2.24) is 5.06 Å². The van der Waals surface area contributed by atoms with Crippen molar-refractivity contribution in [1.29, 1.82) is 0 Å². The van der Waals surface area contributed by atoms with Crippen LogP contribution in [0.1, 0.15) is 64.2 Å². The molecule has 1 atom stereocenters. The Bertz CT molecular complexity index is 449. The predicted octanol–water partition coefficient (Wildman–Crippen LogP) is 4.00. The van der Waals surface area contributed by atoms with Gasteiger partial charge in [0.1, 0.15) is 6.10 Å². The number of hydrogen-bond donors (Lipinski definition) is 1. The molecule has 1 aromatic carbocycles. The SMILES string of the molecule is Cc1ccc([C@@H](CO)ON2C(C)(C)CCCC2(C)C)cc1. The van der Waals surface area contributed by atoms with E-state index in [9.17, 15) is 5.11 Å². The molecule has 0 unspecified atom stereocenters. The maximum Gasteiger partial charge on any atom is 0.127 e. The molecule has 1 heterocycles. The van der Waals surface area contributed by atoms with Crippen molar-refractivity contribution in [2.45, 2.75) is 71.1 Å². The molecule has 118 valence electrons. The Labute approximate surface area is 128 Å². The molecule has 1 N–H and O–H groups in total. The Morgan fingerprint density at radius 1 is 1.10 bits per heavy atom. The topological polar surface area (TPSA) is 32.7 Å². The molecule has 0 radical (unpaired) electrons. The molecule has 1 aromatic rings. The Hall–Kier alpha value is -0.900. The first-order valence-electron chi connectivity index (χ1n) is 7.91. The fourth-order valence-electron chi connectivity index (χ4n) is 3.37. The first-order chi connectivity index (χ1) is 9.76. The van der Waals surface area contributed by atoms with E-state index in [1.807, 2.05) is 12.1 Å². The van der Waals surface area contributed by atoms with E-state index in [-0.39, 0.29) is 23.8 Å². The second-order valence-corrected chi connectivity index (χ2v) is 7.46. The van der Waals surface area contributed by atoms with E-state index in [2.05, 4.69) is 51.8 Å². The van der Waals surface area contributed by atoms with E-state index < -0.39 is 0 Å². The number of aryl methyl sites for hydroxylation is 1. The minimum atomic E-state index is -0.303. The van der Waals surface area contributed by atoms with Crippen molar-refractivity contribution in [3.63, 3.8) is 0 Å². The molecule has 1 fully saturated rings. The molecule has 0 aliphatic carbocycles. The van der Waals surface area contributed by atoms with Crippen molar-refractivity contribution < 1.29 is 9.94 Å². The molecule has 1 aliphatic rings. The number of nitrogens with zero attached hydrogens (tertiary/aromatic N) is 1. The molecule has 0 spiro atoms. The molecule has 1 saturated heterocycles. The maximum atomic E-state index is 9.77. The molecule has 0 bridgehead atoms. The Morgan fingerprint density at radius 3 is 2.10 bits per heavy atom. The van der Waals surface area contributed by atoms with E-state index in [4.69, 9.17) is 4.84 Å². The molecule has 3 heteroatoms. The first-order valence-corrected chi connectivity index (χ1v) is 7.91. The molecule has 1 aliphatic heterocycles. The highest BCUT2D eigenvalue weighted by Crippen LogP contribution is 2.40. The van der Waals surface area contributed by atoms with Gasteiger partial charge >= 0.3 is 0 Å². The lowest BCUT2D eigenvalue weighted by Gasteiger charge is -2.52. The molecule has 2 rings (SSSR count). The van der Waals surface area contributed by atoms with E-state index in [1.165, 1.54) is 12.0 Å². The minimum absolute atomic E-state index is 0.00821. The monoisotopic (exact) mass is 291 g/mol. The van der Waals surface area contributed by atoms with Crippen molar-refractivity contribution in [2.75, 3.05) is 6.61 Å². The summed E-state index contributed by atoms with van der Waals surface area (Å²) in [5.74, 6) is 0. The van der Waals surface area contributed by atoms with Gasteiger partial charge in [0.05, 0.1) is 6.61 Å². The van der Waals surface area contributed by atoms with Crippen molar-refractivity contribution >= 4 is 0 Å². The number of aliphatic hydroxyl groups excluding tert-OH is 1. The summed E-state index contributed by atoms with van der Waals surface area (Å²) in [5, 5.41) is 11.9. The van der Waals surface area contributed by atoms with Crippen LogP contribution in [0.4, 0.5) is 0 Å². The Kier molecular flexibility index (Phi) is 4.76. The van der Waals surface area contributed by atoms with Crippen LogP contribution in [0.15, 0.2) is 24.3 Å². The van der Waals surface area contributed by atoms with Crippen LogP contribution in [-0.2, 0) is 4.84 Å². The molecular formula is C18H29NO2. The van der Waals surface area contributed by atoms with Gasteiger partial charge in [-0.15, -0.1) is 0 Å². The van der Waals surface area contributed by atoms with Gasteiger partial charge in [-0.25, -0.2) is 0 Å². The zero-order valence-electron chi connectivity index (χ0n) is 14.0. The summed E-state index contributed by atoms with van der Waals surface area (Å²) < 4.78 is 0. The average Bonchev–Trinajstić information content (AvgIpc) is 2.39. The van der Waals surface area contributed by atoms with Gasteiger partial charge < -0.3 is 5.11 Å². The van der Waals surface area contributed by atoms with Gasteiger partial charge in [0.25, 0.3) is 0 Å². The number of rotatable bonds is 4. The van der Waals surface area contributed by atoms with Crippen LogP contribution in [0.25, 0.3) is 0 Å². The van der Waals surface area contributed by atoms with E-state index in [0.717, 1.165) is 18.4 Å². The molecule has 21 heavy (non-hydrogen) atoms. The van der Waals surface area contributed by atoms with Gasteiger partial charge in [0.15, 0.2) is 0 Å². The highest BCUT2D eigenvalue weighted by molar-refractivity contribution is 5.23. The highest BCUT2D eigenvalue weighted by Gasteiger charge is 2.43. The first kappa shape index (κ1) is 16.5. The van der Waals surface area contributed by atoms with Gasteiger partial charge in [0.2, 0.25) is 0 Å². The summed E-state index contributed by atoms with van der Waals surface area (Å²) in [6.45, 7) is 10.9. The van der Waals surface area contributed by atoms with Crippen molar-refractivity contribution in [3.05, 3.63) is 35.4 Å². The fraction of sp³-hybridized carbons (Fsp3) is 0.667. The quantitative estimate of drug-likeness (QED) is 0.910. The summed E-state index contributed by atoms with van der Waals surface area (Å²) in [6, 6.07) is 8.21. The summed E-state index contributed by atoms with van der Waals surface area (Å²) >= 11 is 0. The largest absolute Gasteiger partial charge is 0.393 e. The van der Waals surface area contributed by atoms with Gasteiger partial charge in [-0.2, -0.15) is 5.06 Å². The standard InChI is InChI=1S/C18H29NO2/c1-14-7-9-15(10-8-14)16(13-20)21-19-17(2,3)11-6-12-18(19,4)5/h7-10,16,20H,6,11-13H2,1-5H3/t16-/m1/s1. The van der Waals surface area contributed by atoms with Crippen LogP contribution < -0.4 is 0 Å². The zero-order valence-corrected chi connectivity index (χ0v) is 14.0. The van der Waals surface area contributed by atoms with E-state index in [0.29, 0.717) is 0 Å². The predicted molar refractivity (Wildman–Crippen MR) is 85.9 cm³/mol. The van der Waals surface area contributed by atoms with Gasteiger partial charge in [-0.3, -0.25) is 4.84 Å². The third-order valence-electron chi connectivity index (χ3n) is 4.52. The average molecular weight is 291 g/mol. The van der Waals surface area contributed by atoms with Crippen LogP contribution in [-0.4, -0.2) is 27.9 Å². The second kappa shape index (κ2) is 6.07. The third kappa shape index (κ3) is 3.65. The Balaban J connectivity index is 2.21. The smallest absolute Gasteiger partial charge is 0.127 e. The highest BCUT2D eigenvalue weighted by atomic mass is 16.7. The van der Waals surface area contributed by atoms with E-state index >= 15 is 0 Å². The summed E-state index contributed by atoms with van der Waals surface area (Å²) in [4.78, 5) is 6.28. The summed E-state index contributed by atoms with van der Waals surface area (Å²) in [5.41, 5.74) is 2.22. The normalized spacial score (nSPS) is 23.0. The molecule has 0 aromatic heterocycles. The maximum absolute atomic E-state index is 9.77. The summed E-state index contributed by atoms with van der Waals surface area (Å²) in [6.07, 6.45) is 3.14. The molecule has 3 nitrogen and oxygen atoms in total. The van der Waals surface area contributed by atoms with Crippen LogP contribution >= 0.6 is 0 Å². The van der Waals surface area contributed by atoms with Crippen molar-refractivity contribution in [2.24, 2.45) is 0 Å². The van der Waals surface area contributed by atoms with Gasteiger partial charge in [0, 0.05) is 11.1 Å². The van der Waals surface area contributed by atoms with Crippen LogP contribution in [0.5, 0.6) is 0 Å². The number of aliphatic hydroxyl groups is 1. The molecule has 0 saturated carbocycles. The summed E-state index contributed by atoms with van der Waals surface area (Å²) in [7, 11) is 0. The second-order valence-electron chi connectivity index (χ2n) is 7.46. The number of hydroxylamine groups is 2. The zero-order chi connectivity index (χ0) is 15.7. The molecular weight excluding hydrogens is 262 g/mol. The van der Waals surface area contributed by atoms with Crippen LogP contribution in [0.3, 0.4) is 0 Å². The number of hydrogen-bond acceptors (Lipinski definition) is 3. The van der Waals surface area contributed by atoms with Gasteiger partial charge in [-0.05, 0) is 59.4 Å². The van der Waals surface area contributed by atoms with Crippen LogP contribution in [0, 0.1) is 6.92 Å². The lowest BCUT2D eigenvalue weighted by Crippen LogP contribution is -2.58. The fourth-order valence-corrected chi connectivity index (χ4v) is 3.37. The van der Waals surface area contributed by atoms with Gasteiger partial charge in [-0.1, -0.05) is 29.8 Å².